The summed E-state index contributed by atoms with van der Waals surface area (Å²) in [6.45, 7) is 3.94. The summed E-state index contributed by atoms with van der Waals surface area (Å²) in [5.74, 6) is -0.866. The Morgan fingerprint density at radius 2 is 2.10 bits per heavy atom. The smallest absolute Gasteiger partial charge is 0.257 e. The van der Waals surface area contributed by atoms with Crippen molar-refractivity contribution in [2.45, 2.75) is 38.3 Å². The van der Waals surface area contributed by atoms with E-state index in [1.807, 2.05) is 14.1 Å². The molecule has 1 aliphatic heterocycles. The fraction of sp³-hybridized carbons (Fsp3) is 0.562. The van der Waals surface area contributed by atoms with Crippen LogP contribution in [0, 0.1) is 5.82 Å². The Balaban J connectivity index is 2.28. The molecule has 0 saturated carbocycles. The molecule has 0 aliphatic carbocycles. The Bertz CT molecular complexity index is 538. The monoisotopic (exact) mass is 294 g/mol. The minimum atomic E-state index is -0.980. The lowest BCUT2D eigenvalue weighted by molar-refractivity contribution is 0.000160. The van der Waals surface area contributed by atoms with Gasteiger partial charge in [0.05, 0.1) is 17.2 Å². The molecule has 21 heavy (non-hydrogen) atoms. The number of aliphatic hydroxyl groups is 1. The topological polar surface area (TPSA) is 43.8 Å². The van der Waals surface area contributed by atoms with Crippen LogP contribution in [-0.4, -0.2) is 48.2 Å². The standard InChI is InChI=1S/C16H23FN2O2/c1-16(2,21)14-6-5-9-19(14)15(20)12-8-7-11(18(3)4)10-13(12)17/h7-8,10,14,21H,5-6,9H2,1-4H3/t14-/m1/s1. The van der Waals surface area contributed by atoms with Crippen LogP contribution in [0.2, 0.25) is 0 Å². The first-order chi connectivity index (χ1) is 9.71. The van der Waals surface area contributed by atoms with Gasteiger partial charge in [-0.05, 0) is 44.9 Å². The largest absolute Gasteiger partial charge is 0.388 e. The first-order valence-corrected chi connectivity index (χ1v) is 7.22. The highest BCUT2D eigenvalue weighted by atomic mass is 19.1. The molecule has 1 aromatic rings. The molecule has 1 aromatic carbocycles. The Labute approximate surface area is 125 Å². The van der Waals surface area contributed by atoms with Crippen LogP contribution in [0.4, 0.5) is 10.1 Å². The van der Waals surface area contributed by atoms with Gasteiger partial charge in [-0.3, -0.25) is 4.79 Å². The average Bonchev–Trinajstić information content (AvgIpc) is 2.86. The molecular formula is C16H23FN2O2. The first kappa shape index (κ1) is 15.8. The number of benzene rings is 1. The van der Waals surface area contributed by atoms with Crippen molar-refractivity contribution in [3.63, 3.8) is 0 Å². The number of hydrogen-bond donors (Lipinski definition) is 1. The van der Waals surface area contributed by atoms with E-state index < -0.39 is 11.4 Å². The van der Waals surface area contributed by atoms with Crippen LogP contribution < -0.4 is 4.90 Å². The van der Waals surface area contributed by atoms with Gasteiger partial charge in [-0.15, -0.1) is 0 Å². The predicted octanol–water partition coefficient (Wildman–Crippen LogP) is 2.27. The molecule has 1 N–H and O–H groups in total. The molecule has 2 rings (SSSR count). The quantitative estimate of drug-likeness (QED) is 0.930. The van der Waals surface area contributed by atoms with E-state index in [0.717, 1.165) is 12.8 Å². The number of carbonyl (C=O) groups is 1. The zero-order valence-electron chi connectivity index (χ0n) is 13.1. The lowest BCUT2D eigenvalue weighted by atomic mass is 9.96. The third kappa shape index (κ3) is 3.18. The molecule has 1 amide bonds. The number of amides is 1. The molecule has 116 valence electrons. The van der Waals surface area contributed by atoms with E-state index >= 15 is 0 Å². The van der Waals surface area contributed by atoms with E-state index in [-0.39, 0.29) is 17.5 Å². The lowest BCUT2D eigenvalue weighted by Gasteiger charge is -2.34. The molecule has 1 fully saturated rings. The first-order valence-electron chi connectivity index (χ1n) is 7.22. The van der Waals surface area contributed by atoms with E-state index in [1.165, 1.54) is 12.1 Å². The Kier molecular flexibility index (Phi) is 4.23. The second kappa shape index (κ2) is 5.64. The van der Waals surface area contributed by atoms with Gasteiger partial charge in [-0.1, -0.05) is 0 Å². The van der Waals surface area contributed by atoms with Gasteiger partial charge in [0.25, 0.3) is 5.91 Å². The molecule has 1 heterocycles. The van der Waals surface area contributed by atoms with Gasteiger partial charge in [-0.2, -0.15) is 0 Å². The second-order valence-corrected chi connectivity index (χ2v) is 6.37. The van der Waals surface area contributed by atoms with Gasteiger partial charge < -0.3 is 14.9 Å². The zero-order chi connectivity index (χ0) is 15.8. The molecular weight excluding hydrogens is 271 g/mol. The van der Waals surface area contributed by atoms with Gasteiger partial charge in [0, 0.05) is 26.3 Å². The summed E-state index contributed by atoms with van der Waals surface area (Å²) in [7, 11) is 3.64. The summed E-state index contributed by atoms with van der Waals surface area (Å²) >= 11 is 0. The summed E-state index contributed by atoms with van der Waals surface area (Å²) < 4.78 is 14.2. The summed E-state index contributed by atoms with van der Waals surface area (Å²) in [5.41, 5.74) is -0.201. The molecule has 1 atom stereocenters. The van der Waals surface area contributed by atoms with Crippen LogP contribution in [-0.2, 0) is 0 Å². The van der Waals surface area contributed by atoms with Crippen LogP contribution >= 0.6 is 0 Å². The highest BCUT2D eigenvalue weighted by Gasteiger charge is 2.39. The highest BCUT2D eigenvalue weighted by Crippen LogP contribution is 2.29. The maximum Gasteiger partial charge on any atom is 0.257 e. The molecule has 5 heteroatoms. The Hall–Kier alpha value is -1.62. The number of likely N-dealkylation sites (tertiary alicyclic amines) is 1. The fourth-order valence-electron chi connectivity index (χ4n) is 2.85. The van der Waals surface area contributed by atoms with E-state index in [9.17, 15) is 14.3 Å². The summed E-state index contributed by atoms with van der Waals surface area (Å²) in [6.07, 6.45) is 1.57. The third-order valence-electron chi connectivity index (χ3n) is 4.03. The normalized spacial score (nSPS) is 19.0. The van der Waals surface area contributed by atoms with E-state index in [2.05, 4.69) is 0 Å². The minimum Gasteiger partial charge on any atom is -0.388 e. The summed E-state index contributed by atoms with van der Waals surface area (Å²) in [6, 6.07) is 4.35. The molecule has 1 aliphatic rings. The summed E-state index contributed by atoms with van der Waals surface area (Å²) in [4.78, 5) is 15.9. The van der Waals surface area contributed by atoms with Gasteiger partial charge in [0.15, 0.2) is 0 Å². The Morgan fingerprint density at radius 1 is 1.43 bits per heavy atom. The van der Waals surface area contributed by atoms with Gasteiger partial charge in [0.2, 0.25) is 0 Å². The maximum absolute atomic E-state index is 14.2. The fourth-order valence-corrected chi connectivity index (χ4v) is 2.85. The maximum atomic E-state index is 14.2. The number of nitrogens with zero attached hydrogens (tertiary/aromatic N) is 2. The summed E-state index contributed by atoms with van der Waals surface area (Å²) in [5, 5.41) is 10.2. The number of carbonyl (C=O) groups excluding carboxylic acids is 1. The van der Waals surface area contributed by atoms with Crippen molar-refractivity contribution in [2.75, 3.05) is 25.5 Å². The Morgan fingerprint density at radius 3 is 2.62 bits per heavy atom. The van der Waals surface area contributed by atoms with Crippen LogP contribution in [0.25, 0.3) is 0 Å². The average molecular weight is 294 g/mol. The number of hydrogen-bond acceptors (Lipinski definition) is 3. The molecule has 0 unspecified atom stereocenters. The zero-order valence-corrected chi connectivity index (χ0v) is 13.1. The van der Waals surface area contributed by atoms with Gasteiger partial charge in [-0.25, -0.2) is 4.39 Å². The minimum absolute atomic E-state index is 0.0664. The molecule has 0 aromatic heterocycles. The van der Waals surface area contributed by atoms with Crippen molar-refractivity contribution >= 4 is 11.6 Å². The lowest BCUT2D eigenvalue weighted by Crippen LogP contribution is -2.48. The highest BCUT2D eigenvalue weighted by molar-refractivity contribution is 5.95. The number of rotatable bonds is 3. The van der Waals surface area contributed by atoms with Crippen molar-refractivity contribution in [3.05, 3.63) is 29.6 Å². The van der Waals surface area contributed by atoms with E-state index in [4.69, 9.17) is 0 Å². The van der Waals surface area contributed by atoms with Crippen LogP contribution in [0.3, 0.4) is 0 Å². The molecule has 0 spiro atoms. The number of halogens is 1. The van der Waals surface area contributed by atoms with Crippen LogP contribution in [0.15, 0.2) is 18.2 Å². The molecule has 0 radical (unpaired) electrons. The van der Waals surface area contributed by atoms with Crippen molar-refractivity contribution in [2.24, 2.45) is 0 Å². The SMILES string of the molecule is CN(C)c1ccc(C(=O)N2CCC[C@@H]2C(C)(C)O)c(F)c1. The molecule has 0 bridgehead atoms. The third-order valence-corrected chi connectivity index (χ3v) is 4.03. The predicted molar refractivity (Wildman–Crippen MR) is 81.1 cm³/mol. The molecule has 4 nitrogen and oxygen atoms in total. The van der Waals surface area contributed by atoms with Gasteiger partial charge in [0.1, 0.15) is 5.82 Å². The second-order valence-electron chi connectivity index (χ2n) is 6.37. The van der Waals surface area contributed by atoms with Crippen molar-refractivity contribution in [3.8, 4) is 0 Å². The van der Waals surface area contributed by atoms with Crippen molar-refractivity contribution in [1.29, 1.82) is 0 Å². The van der Waals surface area contributed by atoms with Crippen molar-refractivity contribution in [1.82, 2.24) is 4.90 Å². The molecule has 1 saturated heterocycles. The van der Waals surface area contributed by atoms with Crippen LogP contribution in [0.1, 0.15) is 37.0 Å². The van der Waals surface area contributed by atoms with E-state index in [1.54, 1.807) is 29.7 Å². The van der Waals surface area contributed by atoms with Gasteiger partial charge >= 0.3 is 0 Å². The number of anilines is 1. The van der Waals surface area contributed by atoms with E-state index in [0.29, 0.717) is 12.2 Å². The van der Waals surface area contributed by atoms with Crippen molar-refractivity contribution < 1.29 is 14.3 Å². The van der Waals surface area contributed by atoms with Crippen LogP contribution in [0.5, 0.6) is 0 Å².